The summed E-state index contributed by atoms with van der Waals surface area (Å²) in [4.78, 5) is 0. The van der Waals surface area contributed by atoms with Crippen molar-refractivity contribution in [1.29, 1.82) is 0 Å². The van der Waals surface area contributed by atoms with Crippen molar-refractivity contribution in [2.24, 2.45) is 0 Å². The number of hydrogen-bond acceptors (Lipinski definition) is 2. The molecule has 0 spiro atoms. The average Bonchev–Trinajstić information content (AvgIpc) is 2.47. The van der Waals surface area contributed by atoms with Gasteiger partial charge in [0.1, 0.15) is 5.76 Å². The van der Waals surface area contributed by atoms with E-state index in [9.17, 15) is 0 Å². The highest BCUT2D eigenvalue weighted by molar-refractivity contribution is 5.30. The zero-order valence-electron chi connectivity index (χ0n) is 8.03. The molecule has 1 aromatic carbocycles. The lowest BCUT2D eigenvalue weighted by atomic mass is 10.1. The Balaban J connectivity index is 2.23. The van der Waals surface area contributed by atoms with Crippen molar-refractivity contribution in [3.8, 4) is 5.95 Å². The van der Waals surface area contributed by atoms with Gasteiger partial charge < -0.3 is 9.52 Å². The van der Waals surface area contributed by atoms with E-state index in [1.54, 1.807) is 6.07 Å². The van der Waals surface area contributed by atoms with Crippen LogP contribution in [0.2, 0.25) is 0 Å². The summed E-state index contributed by atoms with van der Waals surface area (Å²) in [5.74, 6) is 0.778. The summed E-state index contributed by atoms with van der Waals surface area (Å²) >= 11 is 0. The molecular formula is C12H12O2. The monoisotopic (exact) mass is 188 g/mol. The molecule has 2 rings (SSSR count). The summed E-state index contributed by atoms with van der Waals surface area (Å²) < 4.78 is 5.04. The molecule has 0 aliphatic carbocycles. The standard InChI is InChI=1S/C12H12O2/c1-9-11(8-12(13)14-9)7-10-5-3-2-4-6-10/h2-6,8,13H,7H2,1H3. The van der Waals surface area contributed by atoms with Gasteiger partial charge in [-0.05, 0) is 12.5 Å². The highest BCUT2D eigenvalue weighted by atomic mass is 16.5. The Hall–Kier alpha value is -1.70. The molecule has 0 atom stereocenters. The molecule has 2 aromatic rings. The molecule has 0 aliphatic heterocycles. The summed E-state index contributed by atoms with van der Waals surface area (Å²) in [6.45, 7) is 1.86. The molecule has 0 aliphatic rings. The Morgan fingerprint density at radius 3 is 2.50 bits per heavy atom. The van der Waals surface area contributed by atoms with Crippen LogP contribution in [0.3, 0.4) is 0 Å². The fourth-order valence-corrected chi connectivity index (χ4v) is 1.49. The summed E-state index contributed by atoms with van der Waals surface area (Å²) in [6.07, 6.45) is 0.802. The van der Waals surface area contributed by atoms with E-state index >= 15 is 0 Å². The number of rotatable bonds is 2. The van der Waals surface area contributed by atoms with E-state index in [1.165, 1.54) is 5.56 Å². The van der Waals surface area contributed by atoms with Crippen molar-refractivity contribution in [3.63, 3.8) is 0 Å². The maximum Gasteiger partial charge on any atom is 0.282 e. The van der Waals surface area contributed by atoms with Crippen LogP contribution in [0, 0.1) is 6.92 Å². The molecule has 1 aromatic heterocycles. The normalized spacial score (nSPS) is 10.4. The Morgan fingerprint density at radius 2 is 1.93 bits per heavy atom. The van der Waals surface area contributed by atoms with Crippen LogP contribution in [0.4, 0.5) is 0 Å². The molecule has 0 unspecified atom stereocenters. The van der Waals surface area contributed by atoms with E-state index in [4.69, 9.17) is 9.52 Å². The Bertz CT molecular complexity index is 415. The summed E-state index contributed by atoms with van der Waals surface area (Å²) in [5, 5.41) is 9.15. The van der Waals surface area contributed by atoms with Gasteiger partial charge in [0.25, 0.3) is 5.95 Å². The fourth-order valence-electron chi connectivity index (χ4n) is 1.49. The quantitative estimate of drug-likeness (QED) is 0.786. The third-order valence-corrected chi connectivity index (χ3v) is 2.24. The predicted octanol–water partition coefficient (Wildman–Crippen LogP) is 2.88. The molecule has 2 nitrogen and oxygen atoms in total. The van der Waals surface area contributed by atoms with E-state index in [-0.39, 0.29) is 5.95 Å². The summed E-state index contributed by atoms with van der Waals surface area (Å²) in [5.41, 5.74) is 2.25. The first kappa shape index (κ1) is 8.88. The van der Waals surface area contributed by atoms with Crippen molar-refractivity contribution in [1.82, 2.24) is 0 Å². The molecular weight excluding hydrogens is 176 g/mol. The largest absolute Gasteiger partial charge is 0.481 e. The van der Waals surface area contributed by atoms with Crippen molar-refractivity contribution in [2.75, 3.05) is 0 Å². The molecule has 2 heteroatoms. The zero-order chi connectivity index (χ0) is 9.97. The zero-order valence-corrected chi connectivity index (χ0v) is 8.03. The van der Waals surface area contributed by atoms with E-state index in [1.807, 2.05) is 25.1 Å². The van der Waals surface area contributed by atoms with Crippen LogP contribution in [0.15, 0.2) is 40.8 Å². The second kappa shape index (κ2) is 3.58. The van der Waals surface area contributed by atoms with Gasteiger partial charge in [0.2, 0.25) is 0 Å². The van der Waals surface area contributed by atoms with E-state index < -0.39 is 0 Å². The lowest BCUT2D eigenvalue weighted by Crippen LogP contribution is -1.86. The van der Waals surface area contributed by atoms with Crippen LogP contribution in [-0.2, 0) is 6.42 Å². The maximum absolute atomic E-state index is 9.15. The lowest BCUT2D eigenvalue weighted by Gasteiger charge is -1.98. The fraction of sp³-hybridized carbons (Fsp3) is 0.167. The molecule has 0 bridgehead atoms. The van der Waals surface area contributed by atoms with E-state index in [0.717, 1.165) is 17.7 Å². The van der Waals surface area contributed by atoms with Gasteiger partial charge in [-0.2, -0.15) is 0 Å². The number of benzene rings is 1. The Morgan fingerprint density at radius 1 is 1.21 bits per heavy atom. The molecule has 14 heavy (non-hydrogen) atoms. The highest BCUT2D eigenvalue weighted by Gasteiger charge is 2.06. The number of aromatic hydroxyl groups is 1. The first-order chi connectivity index (χ1) is 6.75. The SMILES string of the molecule is Cc1oc(O)cc1Cc1ccccc1. The van der Waals surface area contributed by atoms with Crippen LogP contribution in [-0.4, -0.2) is 5.11 Å². The third kappa shape index (κ3) is 1.79. The van der Waals surface area contributed by atoms with Gasteiger partial charge in [-0.15, -0.1) is 0 Å². The minimum absolute atomic E-state index is 0.00608. The number of furan rings is 1. The summed E-state index contributed by atoms with van der Waals surface area (Å²) in [7, 11) is 0. The van der Waals surface area contributed by atoms with E-state index in [0.29, 0.717) is 0 Å². The maximum atomic E-state index is 9.15. The first-order valence-corrected chi connectivity index (χ1v) is 4.58. The molecule has 0 saturated heterocycles. The van der Waals surface area contributed by atoms with Gasteiger partial charge in [0.15, 0.2) is 0 Å². The second-order valence-corrected chi connectivity index (χ2v) is 3.33. The van der Waals surface area contributed by atoms with Gasteiger partial charge in [-0.25, -0.2) is 0 Å². The average molecular weight is 188 g/mol. The van der Waals surface area contributed by atoms with Gasteiger partial charge >= 0.3 is 0 Å². The Labute approximate surface area is 82.8 Å². The van der Waals surface area contributed by atoms with Crippen LogP contribution >= 0.6 is 0 Å². The molecule has 0 saturated carbocycles. The minimum Gasteiger partial charge on any atom is -0.481 e. The van der Waals surface area contributed by atoms with Crippen LogP contribution < -0.4 is 0 Å². The van der Waals surface area contributed by atoms with Crippen molar-refractivity contribution < 1.29 is 9.52 Å². The minimum atomic E-state index is -0.00608. The Kier molecular flexibility index (Phi) is 2.27. The molecule has 1 heterocycles. The molecule has 0 amide bonds. The lowest BCUT2D eigenvalue weighted by molar-refractivity contribution is 0.324. The van der Waals surface area contributed by atoms with Crippen molar-refractivity contribution >= 4 is 0 Å². The summed E-state index contributed by atoms with van der Waals surface area (Å²) in [6, 6.07) is 11.8. The third-order valence-electron chi connectivity index (χ3n) is 2.24. The molecule has 72 valence electrons. The van der Waals surface area contributed by atoms with E-state index in [2.05, 4.69) is 12.1 Å². The number of aryl methyl sites for hydroxylation is 1. The predicted molar refractivity (Wildman–Crippen MR) is 54.4 cm³/mol. The van der Waals surface area contributed by atoms with Gasteiger partial charge in [0.05, 0.1) is 0 Å². The highest BCUT2D eigenvalue weighted by Crippen LogP contribution is 2.22. The van der Waals surface area contributed by atoms with Crippen molar-refractivity contribution in [2.45, 2.75) is 13.3 Å². The van der Waals surface area contributed by atoms with Gasteiger partial charge in [0, 0.05) is 18.1 Å². The van der Waals surface area contributed by atoms with Crippen LogP contribution in [0.1, 0.15) is 16.9 Å². The van der Waals surface area contributed by atoms with Crippen LogP contribution in [0.25, 0.3) is 0 Å². The first-order valence-electron chi connectivity index (χ1n) is 4.58. The second-order valence-electron chi connectivity index (χ2n) is 3.33. The molecule has 0 fully saturated rings. The molecule has 1 N–H and O–H groups in total. The smallest absolute Gasteiger partial charge is 0.282 e. The topological polar surface area (TPSA) is 33.4 Å². The van der Waals surface area contributed by atoms with Crippen LogP contribution in [0.5, 0.6) is 5.95 Å². The molecule has 0 radical (unpaired) electrons. The van der Waals surface area contributed by atoms with Gasteiger partial charge in [-0.1, -0.05) is 30.3 Å². The van der Waals surface area contributed by atoms with Crippen molar-refractivity contribution in [3.05, 3.63) is 53.3 Å². The van der Waals surface area contributed by atoms with Gasteiger partial charge in [-0.3, -0.25) is 0 Å². The number of hydrogen-bond donors (Lipinski definition) is 1.